The van der Waals surface area contributed by atoms with E-state index in [4.69, 9.17) is 25.8 Å². The van der Waals surface area contributed by atoms with Crippen LogP contribution in [0.5, 0.6) is 17.2 Å². The Labute approximate surface area is 213 Å². The quantitative estimate of drug-likeness (QED) is 0.157. The van der Waals surface area contributed by atoms with E-state index in [0.29, 0.717) is 53.3 Å². The minimum absolute atomic E-state index is 0.0573. The topological polar surface area (TPSA) is 80.6 Å². The largest absolute Gasteiger partial charge is 0.494 e. The van der Waals surface area contributed by atoms with Gasteiger partial charge >= 0.3 is 0 Å². The Morgan fingerprint density at radius 3 is 2.31 bits per heavy atom. The number of benzene rings is 2. The van der Waals surface area contributed by atoms with Gasteiger partial charge in [-0.3, -0.25) is 4.79 Å². The number of amides is 1. The zero-order valence-corrected chi connectivity index (χ0v) is 21.6. The van der Waals surface area contributed by atoms with Gasteiger partial charge in [-0.1, -0.05) is 50.6 Å². The number of carbonyl (C=O) groups is 1. The predicted octanol–water partition coefficient (Wildman–Crippen LogP) is 7.42. The summed E-state index contributed by atoms with van der Waals surface area (Å²) in [6, 6.07) is 12.3. The van der Waals surface area contributed by atoms with Crippen molar-refractivity contribution in [2.75, 3.05) is 25.1 Å². The fraction of sp³-hybridized carbons (Fsp3) is 0.429. The summed E-state index contributed by atoms with van der Waals surface area (Å²) in [4.78, 5) is 12.7. The molecule has 2 aromatic rings. The molecule has 0 atom stereocenters. The Kier molecular flexibility index (Phi) is 12.6. The molecule has 0 aliphatic rings. The Morgan fingerprint density at radius 1 is 0.971 bits per heavy atom. The van der Waals surface area contributed by atoms with Crippen LogP contribution in [-0.2, 0) is 4.79 Å². The van der Waals surface area contributed by atoms with Crippen molar-refractivity contribution in [3.63, 3.8) is 0 Å². The molecule has 0 radical (unpaired) electrons. The van der Waals surface area contributed by atoms with Crippen LogP contribution in [0.15, 0.2) is 42.0 Å². The van der Waals surface area contributed by atoms with Crippen molar-refractivity contribution in [2.24, 2.45) is 0 Å². The third-order valence-electron chi connectivity index (χ3n) is 5.18. The Balaban J connectivity index is 2.10. The van der Waals surface area contributed by atoms with Gasteiger partial charge in [-0.15, -0.1) is 0 Å². The number of nitriles is 1. The van der Waals surface area contributed by atoms with Crippen LogP contribution in [0.25, 0.3) is 6.08 Å². The number of carbonyl (C=O) groups excluding carboxylic acids is 1. The number of nitrogens with one attached hydrogen (secondary N) is 1. The second kappa shape index (κ2) is 15.7. The highest BCUT2D eigenvalue weighted by Gasteiger charge is 2.15. The van der Waals surface area contributed by atoms with Crippen molar-refractivity contribution in [2.45, 2.75) is 59.3 Å². The van der Waals surface area contributed by atoms with Gasteiger partial charge in [0, 0.05) is 5.69 Å². The van der Waals surface area contributed by atoms with Gasteiger partial charge in [-0.25, -0.2) is 0 Å². The number of unbranched alkanes of at least 4 members (excludes halogenated alkanes) is 5. The van der Waals surface area contributed by atoms with Gasteiger partial charge < -0.3 is 19.5 Å². The number of ether oxygens (including phenoxy) is 3. The van der Waals surface area contributed by atoms with Crippen molar-refractivity contribution in [1.82, 2.24) is 0 Å². The summed E-state index contributed by atoms with van der Waals surface area (Å²) in [6.07, 6.45) is 8.46. The molecular formula is C28H35ClN2O4. The second-order valence-electron chi connectivity index (χ2n) is 7.96. The molecule has 0 fully saturated rings. The van der Waals surface area contributed by atoms with E-state index in [2.05, 4.69) is 12.2 Å². The average Bonchev–Trinajstić information content (AvgIpc) is 2.84. The van der Waals surface area contributed by atoms with E-state index >= 15 is 0 Å². The maximum absolute atomic E-state index is 12.7. The first kappa shape index (κ1) is 28.1. The van der Waals surface area contributed by atoms with Crippen molar-refractivity contribution < 1.29 is 19.0 Å². The number of rotatable bonds is 15. The molecule has 7 heteroatoms. The molecule has 1 amide bonds. The molecule has 0 spiro atoms. The molecule has 6 nitrogen and oxygen atoms in total. The van der Waals surface area contributed by atoms with Crippen LogP contribution in [0.3, 0.4) is 0 Å². The molecule has 0 bridgehead atoms. The number of hydrogen-bond acceptors (Lipinski definition) is 5. The molecule has 0 heterocycles. The summed E-state index contributed by atoms with van der Waals surface area (Å²) in [5.74, 6) is 1.16. The third kappa shape index (κ3) is 9.54. The summed E-state index contributed by atoms with van der Waals surface area (Å²) in [6.45, 7) is 7.51. The zero-order valence-electron chi connectivity index (χ0n) is 20.9. The molecule has 35 heavy (non-hydrogen) atoms. The smallest absolute Gasteiger partial charge is 0.266 e. The summed E-state index contributed by atoms with van der Waals surface area (Å²) in [5, 5.41) is 12.7. The molecule has 0 aliphatic carbocycles. The molecule has 0 saturated heterocycles. The maximum atomic E-state index is 12.7. The van der Waals surface area contributed by atoms with E-state index in [0.717, 1.165) is 12.8 Å². The Morgan fingerprint density at radius 2 is 1.66 bits per heavy atom. The fourth-order valence-electron chi connectivity index (χ4n) is 3.45. The van der Waals surface area contributed by atoms with Gasteiger partial charge in [0.1, 0.15) is 17.4 Å². The Bertz CT molecular complexity index is 1010. The number of hydrogen-bond donors (Lipinski definition) is 1. The maximum Gasteiger partial charge on any atom is 0.266 e. The van der Waals surface area contributed by atoms with Crippen molar-refractivity contribution >= 4 is 29.3 Å². The summed E-state index contributed by atoms with van der Waals surface area (Å²) >= 11 is 6.50. The second-order valence-corrected chi connectivity index (χ2v) is 8.37. The summed E-state index contributed by atoms with van der Waals surface area (Å²) in [7, 11) is 0. The standard InChI is InChI=1S/C28H35ClN2O4/c1-4-7-8-9-10-11-16-35-27-25(29)18-21(19-26(27)34-6-3)17-22(20-30)28(32)31-23-12-14-24(15-13-23)33-5-2/h12-15,17-19H,4-11,16H2,1-3H3,(H,31,32)/b22-17+. The molecule has 0 unspecified atom stereocenters. The molecule has 0 saturated carbocycles. The highest BCUT2D eigenvalue weighted by Crippen LogP contribution is 2.37. The number of halogens is 1. The number of nitrogens with zero attached hydrogens (tertiary/aromatic N) is 1. The normalized spacial score (nSPS) is 11.0. The summed E-state index contributed by atoms with van der Waals surface area (Å²) in [5.41, 5.74) is 1.08. The molecule has 188 valence electrons. The van der Waals surface area contributed by atoms with Gasteiger partial charge in [0.05, 0.1) is 24.8 Å². The van der Waals surface area contributed by atoms with Crippen LogP contribution in [0.2, 0.25) is 5.02 Å². The average molecular weight is 499 g/mol. The van der Waals surface area contributed by atoms with Gasteiger partial charge in [0.2, 0.25) is 0 Å². The van der Waals surface area contributed by atoms with E-state index in [1.54, 1.807) is 36.4 Å². The third-order valence-corrected chi connectivity index (χ3v) is 5.46. The van der Waals surface area contributed by atoms with Crippen molar-refractivity contribution in [3.05, 3.63) is 52.6 Å². The van der Waals surface area contributed by atoms with Gasteiger partial charge in [-0.05, 0) is 68.3 Å². The molecule has 2 aromatic carbocycles. The molecular weight excluding hydrogens is 464 g/mol. The lowest BCUT2D eigenvalue weighted by molar-refractivity contribution is -0.112. The van der Waals surface area contributed by atoms with E-state index in [1.807, 2.05) is 19.9 Å². The Hall–Kier alpha value is -3.17. The molecule has 2 rings (SSSR count). The monoisotopic (exact) mass is 498 g/mol. The van der Waals surface area contributed by atoms with Gasteiger partial charge in [0.25, 0.3) is 5.91 Å². The van der Waals surface area contributed by atoms with Gasteiger partial charge in [-0.2, -0.15) is 5.26 Å². The first-order valence-corrected chi connectivity index (χ1v) is 12.6. The van der Waals surface area contributed by atoms with Crippen LogP contribution < -0.4 is 19.5 Å². The van der Waals surface area contributed by atoms with Crippen molar-refractivity contribution in [3.8, 4) is 23.3 Å². The molecule has 0 aliphatic heterocycles. The van der Waals surface area contributed by atoms with E-state index in [-0.39, 0.29) is 5.57 Å². The van der Waals surface area contributed by atoms with Crippen LogP contribution in [0.4, 0.5) is 5.69 Å². The predicted molar refractivity (Wildman–Crippen MR) is 141 cm³/mol. The summed E-state index contributed by atoms with van der Waals surface area (Å²) < 4.78 is 17.1. The van der Waals surface area contributed by atoms with E-state index < -0.39 is 5.91 Å². The van der Waals surface area contributed by atoms with Crippen LogP contribution in [0.1, 0.15) is 64.9 Å². The van der Waals surface area contributed by atoms with Crippen LogP contribution >= 0.6 is 11.6 Å². The minimum Gasteiger partial charge on any atom is -0.494 e. The highest BCUT2D eigenvalue weighted by atomic mass is 35.5. The zero-order chi connectivity index (χ0) is 25.5. The fourth-order valence-corrected chi connectivity index (χ4v) is 3.72. The SMILES string of the molecule is CCCCCCCCOc1c(Cl)cc(/C=C(\C#N)C(=O)Nc2ccc(OCC)cc2)cc1OCC. The first-order chi connectivity index (χ1) is 17.0. The van der Waals surface area contributed by atoms with E-state index in [9.17, 15) is 10.1 Å². The first-order valence-electron chi connectivity index (χ1n) is 12.3. The van der Waals surface area contributed by atoms with Crippen LogP contribution in [0, 0.1) is 11.3 Å². The number of anilines is 1. The molecule has 1 N–H and O–H groups in total. The van der Waals surface area contributed by atoms with E-state index in [1.165, 1.54) is 31.8 Å². The van der Waals surface area contributed by atoms with Crippen LogP contribution in [-0.4, -0.2) is 25.7 Å². The lowest BCUT2D eigenvalue weighted by Crippen LogP contribution is -2.13. The lowest BCUT2D eigenvalue weighted by atomic mass is 10.1. The molecule has 0 aromatic heterocycles. The lowest BCUT2D eigenvalue weighted by Gasteiger charge is -2.14. The van der Waals surface area contributed by atoms with Gasteiger partial charge in [0.15, 0.2) is 11.5 Å². The minimum atomic E-state index is -0.519. The highest BCUT2D eigenvalue weighted by molar-refractivity contribution is 6.32. The van der Waals surface area contributed by atoms with Crippen molar-refractivity contribution in [1.29, 1.82) is 5.26 Å².